The molecular weight excluding hydrogens is 156 g/mol. The van der Waals surface area contributed by atoms with Gasteiger partial charge in [0.2, 0.25) is 0 Å². The summed E-state index contributed by atoms with van der Waals surface area (Å²) >= 11 is 0. The summed E-state index contributed by atoms with van der Waals surface area (Å²) in [4.78, 5) is 0. The van der Waals surface area contributed by atoms with Crippen molar-refractivity contribution in [2.75, 3.05) is 0 Å². The summed E-state index contributed by atoms with van der Waals surface area (Å²) in [6, 6.07) is 0. The number of rotatable bonds is 2. The van der Waals surface area contributed by atoms with E-state index in [1.165, 1.54) is 11.1 Å². The highest BCUT2D eigenvalue weighted by Crippen LogP contribution is 2.36. The highest BCUT2D eigenvalue weighted by Gasteiger charge is 2.24. The van der Waals surface area contributed by atoms with Crippen molar-refractivity contribution in [1.82, 2.24) is 0 Å². The minimum Gasteiger partial charge on any atom is -0.0988 e. The van der Waals surface area contributed by atoms with E-state index in [0.29, 0.717) is 0 Å². The van der Waals surface area contributed by atoms with Gasteiger partial charge in [0.15, 0.2) is 0 Å². The zero-order valence-corrected chi connectivity index (χ0v) is 8.80. The number of hydrogen-bond acceptors (Lipinski definition) is 0. The molecule has 0 spiro atoms. The van der Waals surface area contributed by atoms with E-state index in [9.17, 15) is 0 Å². The number of allylic oxidation sites excluding steroid dienone is 7. The van der Waals surface area contributed by atoms with Crippen LogP contribution in [0.1, 0.15) is 27.2 Å². The van der Waals surface area contributed by atoms with Crippen LogP contribution in [0, 0.1) is 5.41 Å². The Labute approximate surface area is 81.4 Å². The third-order valence-electron chi connectivity index (χ3n) is 2.75. The smallest absolute Gasteiger partial charge is 0.0138 e. The van der Waals surface area contributed by atoms with Crippen LogP contribution in [0.5, 0.6) is 0 Å². The molecular formula is C13H18. The quantitative estimate of drug-likeness (QED) is 0.554. The topological polar surface area (TPSA) is 0 Å². The Hall–Kier alpha value is -1.04. The van der Waals surface area contributed by atoms with Crippen LogP contribution in [-0.4, -0.2) is 0 Å². The van der Waals surface area contributed by atoms with E-state index in [0.717, 1.165) is 6.42 Å². The summed E-state index contributed by atoms with van der Waals surface area (Å²) in [7, 11) is 0. The Balaban J connectivity index is 2.93. The van der Waals surface area contributed by atoms with Crippen LogP contribution in [0.25, 0.3) is 0 Å². The molecule has 1 unspecified atom stereocenters. The SMILES string of the molecule is C=C/C(=C\C)C1(C)C=CC(C)=CC1. The van der Waals surface area contributed by atoms with Crippen LogP contribution in [0.4, 0.5) is 0 Å². The Morgan fingerprint density at radius 2 is 2.31 bits per heavy atom. The molecule has 0 radical (unpaired) electrons. The van der Waals surface area contributed by atoms with Crippen molar-refractivity contribution in [2.24, 2.45) is 5.41 Å². The zero-order chi connectivity index (χ0) is 9.90. The average molecular weight is 174 g/mol. The molecule has 0 aromatic rings. The predicted octanol–water partition coefficient (Wildman–Crippen LogP) is 4.03. The van der Waals surface area contributed by atoms with Crippen LogP contribution in [0.2, 0.25) is 0 Å². The highest BCUT2D eigenvalue weighted by molar-refractivity contribution is 5.36. The molecule has 0 N–H and O–H groups in total. The van der Waals surface area contributed by atoms with Gasteiger partial charge in [0.25, 0.3) is 0 Å². The van der Waals surface area contributed by atoms with Crippen molar-refractivity contribution >= 4 is 0 Å². The average Bonchev–Trinajstić information content (AvgIpc) is 2.13. The van der Waals surface area contributed by atoms with E-state index < -0.39 is 0 Å². The van der Waals surface area contributed by atoms with Gasteiger partial charge in [-0.1, -0.05) is 49.5 Å². The van der Waals surface area contributed by atoms with Crippen molar-refractivity contribution in [2.45, 2.75) is 27.2 Å². The van der Waals surface area contributed by atoms with E-state index >= 15 is 0 Å². The van der Waals surface area contributed by atoms with Crippen LogP contribution in [0.15, 0.2) is 48.1 Å². The molecule has 0 aliphatic heterocycles. The minimum atomic E-state index is 0.163. The standard InChI is InChI=1S/C13H18/c1-5-12(6-2)13(4)9-7-11(3)8-10-13/h5-9H,1,10H2,2-4H3/b12-6+. The van der Waals surface area contributed by atoms with Crippen LogP contribution in [-0.2, 0) is 0 Å². The summed E-state index contributed by atoms with van der Waals surface area (Å²) in [5, 5.41) is 0. The van der Waals surface area contributed by atoms with E-state index in [1.807, 2.05) is 6.08 Å². The molecule has 0 bridgehead atoms. The van der Waals surface area contributed by atoms with Gasteiger partial charge in [-0.05, 0) is 25.8 Å². The first-order valence-electron chi connectivity index (χ1n) is 4.77. The lowest BCUT2D eigenvalue weighted by Crippen LogP contribution is -2.16. The molecule has 0 aromatic heterocycles. The van der Waals surface area contributed by atoms with Gasteiger partial charge in [-0.15, -0.1) is 0 Å². The second kappa shape index (κ2) is 3.78. The van der Waals surface area contributed by atoms with E-state index in [2.05, 4.69) is 51.7 Å². The minimum absolute atomic E-state index is 0.163. The maximum Gasteiger partial charge on any atom is 0.0138 e. The Bertz CT molecular complexity index is 289. The summed E-state index contributed by atoms with van der Waals surface area (Å²) in [5.74, 6) is 0. The van der Waals surface area contributed by atoms with Gasteiger partial charge in [0, 0.05) is 5.41 Å². The Morgan fingerprint density at radius 1 is 1.62 bits per heavy atom. The third kappa shape index (κ3) is 2.00. The summed E-state index contributed by atoms with van der Waals surface area (Å²) in [5.41, 5.74) is 2.83. The maximum atomic E-state index is 3.85. The van der Waals surface area contributed by atoms with Gasteiger partial charge in [0.1, 0.15) is 0 Å². The largest absolute Gasteiger partial charge is 0.0988 e. The van der Waals surface area contributed by atoms with Gasteiger partial charge in [-0.3, -0.25) is 0 Å². The van der Waals surface area contributed by atoms with Gasteiger partial charge in [0.05, 0.1) is 0 Å². The van der Waals surface area contributed by atoms with Crippen LogP contribution in [0.3, 0.4) is 0 Å². The van der Waals surface area contributed by atoms with Crippen molar-refractivity contribution in [1.29, 1.82) is 0 Å². The molecule has 1 aliphatic rings. The Morgan fingerprint density at radius 3 is 2.69 bits per heavy atom. The third-order valence-corrected chi connectivity index (χ3v) is 2.75. The van der Waals surface area contributed by atoms with Gasteiger partial charge in [-0.25, -0.2) is 0 Å². The molecule has 70 valence electrons. The molecule has 1 rings (SSSR count). The van der Waals surface area contributed by atoms with Crippen molar-refractivity contribution < 1.29 is 0 Å². The fourth-order valence-electron chi connectivity index (χ4n) is 1.72. The van der Waals surface area contributed by atoms with Crippen molar-refractivity contribution in [3.8, 4) is 0 Å². The van der Waals surface area contributed by atoms with Crippen LogP contribution < -0.4 is 0 Å². The predicted molar refractivity (Wildman–Crippen MR) is 59.6 cm³/mol. The fourth-order valence-corrected chi connectivity index (χ4v) is 1.72. The molecule has 0 saturated carbocycles. The first kappa shape index (κ1) is 10.0. The Kier molecular flexibility index (Phi) is 2.92. The van der Waals surface area contributed by atoms with E-state index in [1.54, 1.807) is 0 Å². The van der Waals surface area contributed by atoms with Gasteiger partial charge >= 0.3 is 0 Å². The molecule has 1 atom stereocenters. The molecule has 0 heteroatoms. The molecule has 13 heavy (non-hydrogen) atoms. The first-order chi connectivity index (χ1) is 6.12. The summed E-state index contributed by atoms with van der Waals surface area (Å²) in [6.45, 7) is 10.3. The molecule has 0 fully saturated rings. The maximum absolute atomic E-state index is 3.85. The van der Waals surface area contributed by atoms with E-state index in [-0.39, 0.29) is 5.41 Å². The molecule has 0 saturated heterocycles. The molecule has 1 aliphatic carbocycles. The molecule has 0 nitrogen and oxygen atoms in total. The van der Waals surface area contributed by atoms with Crippen LogP contribution >= 0.6 is 0 Å². The summed E-state index contributed by atoms with van der Waals surface area (Å²) < 4.78 is 0. The molecule has 0 heterocycles. The van der Waals surface area contributed by atoms with E-state index in [4.69, 9.17) is 0 Å². The summed E-state index contributed by atoms with van der Waals surface area (Å²) in [6.07, 6.45) is 11.9. The lowest BCUT2D eigenvalue weighted by molar-refractivity contribution is 0.527. The lowest BCUT2D eigenvalue weighted by atomic mass is 9.75. The van der Waals surface area contributed by atoms with Gasteiger partial charge < -0.3 is 0 Å². The molecule has 0 aromatic carbocycles. The normalized spacial score (nSPS) is 28.5. The number of hydrogen-bond donors (Lipinski definition) is 0. The second-order valence-corrected chi connectivity index (χ2v) is 3.85. The first-order valence-corrected chi connectivity index (χ1v) is 4.77. The lowest BCUT2D eigenvalue weighted by Gasteiger charge is -2.29. The molecule has 0 amide bonds. The van der Waals surface area contributed by atoms with Crippen molar-refractivity contribution in [3.63, 3.8) is 0 Å². The monoisotopic (exact) mass is 174 g/mol. The van der Waals surface area contributed by atoms with Crippen molar-refractivity contribution in [3.05, 3.63) is 48.1 Å². The fraction of sp³-hybridized carbons (Fsp3) is 0.385. The second-order valence-electron chi connectivity index (χ2n) is 3.85. The van der Waals surface area contributed by atoms with Gasteiger partial charge in [-0.2, -0.15) is 0 Å². The highest BCUT2D eigenvalue weighted by atomic mass is 14.3. The zero-order valence-electron chi connectivity index (χ0n) is 8.80.